The number of sulfone groups is 1. The Morgan fingerprint density at radius 3 is 2.59 bits per heavy atom. The van der Waals surface area contributed by atoms with Crippen LogP contribution in [0.1, 0.15) is 24.8 Å². The molecule has 27 heavy (non-hydrogen) atoms. The molecular formula is C18H23N3O5S. The van der Waals surface area contributed by atoms with Crippen LogP contribution in [0.15, 0.2) is 29.4 Å². The van der Waals surface area contributed by atoms with E-state index < -0.39 is 15.9 Å². The minimum Gasteiger partial charge on any atom is -0.497 e. The molecule has 0 bridgehead atoms. The van der Waals surface area contributed by atoms with Crippen LogP contribution in [-0.4, -0.2) is 67.6 Å². The van der Waals surface area contributed by atoms with E-state index in [4.69, 9.17) is 4.74 Å². The summed E-state index contributed by atoms with van der Waals surface area (Å²) in [6.07, 6.45) is 0.790. The topological polar surface area (TPSA) is 96.3 Å². The zero-order chi connectivity index (χ0) is 19.6. The molecular weight excluding hydrogens is 370 g/mol. The predicted octanol–water partition coefficient (Wildman–Crippen LogP) is 0.819. The number of amides is 2. The van der Waals surface area contributed by atoms with Crippen molar-refractivity contribution in [3.8, 4) is 5.75 Å². The molecule has 1 saturated heterocycles. The Hall–Kier alpha value is -2.42. The van der Waals surface area contributed by atoms with Crippen LogP contribution in [0.3, 0.4) is 0 Å². The number of hydrogen-bond acceptors (Lipinski definition) is 6. The molecule has 9 heteroatoms. The lowest BCUT2D eigenvalue weighted by Crippen LogP contribution is -2.44. The number of rotatable bonds is 5. The summed E-state index contributed by atoms with van der Waals surface area (Å²) in [4.78, 5) is 26.4. The molecule has 1 atom stereocenters. The molecule has 2 aliphatic rings. The second-order valence-corrected chi connectivity index (χ2v) is 9.08. The second-order valence-electron chi connectivity index (χ2n) is 6.85. The van der Waals surface area contributed by atoms with Crippen molar-refractivity contribution >= 4 is 27.4 Å². The minimum absolute atomic E-state index is 0.0532. The Balaban J connectivity index is 1.70. The van der Waals surface area contributed by atoms with Crippen LogP contribution in [-0.2, 0) is 26.0 Å². The summed E-state index contributed by atoms with van der Waals surface area (Å²) < 4.78 is 28.5. The summed E-state index contributed by atoms with van der Waals surface area (Å²) in [7, 11) is 0.131. The largest absolute Gasteiger partial charge is 0.497 e. The number of ether oxygens (including phenoxy) is 1. The van der Waals surface area contributed by atoms with Crippen LogP contribution in [0.2, 0.25) is 0 Å². The van der Waals surface area contributed by atoms with E-state index >= 15 is 0 Å². The summed E-state index contributed by atoms with van der Waals surface area (Å²) in [6, 6.07) is 6.94. The van der Waals surface area contributed by atoms with E-state index in [-0.39, 0.29) is 41.9 Å². The Bertz CT molecular complexity index is 863. The van der Waals surface area contributed by atoms with Gasteiger partial charge in [-0.1, -0.05) is 12.1 Å². The second kappa shape index (κ2) is 7.67. The smallest absolute Gasteiger partial charge is 0.270 e. The van der Waals surface area contributed by atoms with E-state index in [1.165, 1.54) is 5.01 Å². The molecule has 0 unspecified atom stereocenters. The van der Waals surface area contributed by atoms with E-state index in [1.54, 1.807) is 19.1 Å². The summed E-state index contributed by atoms with van der Waals surface area (Å²) in [5.74, 6) is 0.212. The monoisotopic (exact) mass is 393 g/mol. The summed E-state index contributed by atoms with van der Waals surface area (Å²) >= 11 is 0. The van der Waals surface area contributed by atoms with Gasteiger partial charge in [0, 0.05) is 26.4 Å². The number of benzene rings is 1. The molecule has 0 N–H and O–H groups in total. The third-order valence-electron chi connectivity index (χ3n) is 4.79. The van der Waals surface area contributed by atoms with Gasteiger partial charge in [-0.3, -0.25) is 9.59 Å². The van der Waals surface area contributed by atoms with Gasteiger partial charge in [-0.15, -0.1) is 0 Å². The molecule has 1 fully saturated rings. The van der Waals surface area contributed by atoms with Crippen molar-refractivity contribution in [2.75, 3.05) is 25.7 Å². The lowest BCUT2D eigenvalue weighted by Gasteiger charge is -2.29. The fourth-order valence-corrected chi connectivity index (χ4v) is 4.97. The molecule has 2 amide bonds. The van der Waals surface area contributed by atoms with Gasteiger partial charge in [0.1, 0.15) is 11.5 Å². The van der Waals surface area contributed by atoms with Gasteiger partial charge in [-0.25, -0.2) is 13.4 Å². The van der Waals surface area contributed by atoms with Crippen LogP contribution in [0.25, 0.3) is 0 Å². The van der Waals surface area contributed by atoms with E-state index in [9.17, 15) is 18.0 Å². The maximum absolute atomic E-state index is 12.7. The molecule has 0 saturated carbocycles. The summed E-state index contributed by atoms with van der Waals surface area (Å²) in [6.45, 7) is 0.396. The Kier molecular flexibility index (Phi) is 5.50. The van der Waals surface area contributed by atoms with Crippen molar-refractivity contribution in [3.63, 3.8) is 0 Å². The summed E-state index contributed by atoms with van der Waals surface area (Å²) in [5.41, 5.74) is 1.23. The average Bonchev–Trinajstić information content (AvgIpc) is 3.01. The lowest BCUT2D eigenvalue weighted by atomic mass is 10.1. The van der Waals surface area contributed by atoms with Gasteiger partial charge in [-0.2, -0.15) is 5.10 Å². The fraction of sp³-hybridized carbons (Fsp3) is 0.500. The molecule has 1 aromatic carbocycles. The van der Waals surface area contributed by atoms with E-state index in [0.717, 1.165) is 11.3 Å². The maximum atomic E-state index is 12.7. The van der Waals surface area contributed by atoms with Gasteiger partial charge in [0.2, 0.25) is 5.91 Å². The van der Waals surface area contributed by atoms with Gasteiger partial charge < -0.3 is 9.64 Å². The van der Waals surface area contributed by atoms with Crippen LogP contribution in [0.5, 0.6) is 5.75 Å². The molecule has 8 nitrogen and oxygen atoms in total. The highest BCUT2D eigenvalue weighted by Crippen LogP contribution is 2.22. The standard InChI is InChI=1S/C18H23N3O5S/c1-20(11-13-3-5-15(26-2)6-4-13)18(23)16-7-8-17(22)21(19-16)14-9-10-27(24,25)12-14/h3-6,14H,7-12H2,1-2H3/t14-/m0/s1. The quantitative estimate of drug-likeness (QED) is 0.738. The number of hydrogen-bond donors (Lipinski definition) is 0. The first-order valence-corrected chi connectivity index (χ1v) is 10.6. The first-order chi connectivity index (χ1) is 12.8. The van der Waals surface area contributed by atoms with Crippen LogP contribution in [0, 0.1) is 0 Å². The minimum atomic E-state index is -3.14. The molecule has 0 aliphatic carbocycles. The van der Waals surface area contributed by atoms with E-state index in [2.05, 4.69) is 5.10 Å². The van der Waals surface area contributed by atoms with Crippen LogP contribution >= 0.6 is 0 Å². The third kappa shape index (κ3) is 4.47. The van der Waals surface area contributed by atoms with Crippen molar-refractivity contribution in [2.24, 2.45) is 5.10 Å². The molecule has 2 heterocycles. The van der Waals surface area contributed by atoms with Crippen molar-refractivity contribution in [3.05, 3.63) is 29.8 Å². The predicted molar refractivity (Wildman–Crippen MR) is 100 cm³/mol. The molecule has 0 spiro atoms. The SMILES string of the molecule is COc1ccc(CN(C)C(=O)C2=NN([C@H]3CCS(=O)(=O)C3)C(=O)CC2)cc1. The zero-order valence-electron chi connectivity index (χ0n) is 15.4. The maximum Gasteiger partial charge on any atom is 0.270 e. The Morgan fingerprint density at radius 1 is 1.30 bits per heavy atom. The number of carbonyl (C=O) groups is 2. The number of carbonyl (C=O) groups excluding carboxylic acids is 2. The number of methoxy groups -OCH3 is 1. The fourth-order valence-electron chi connectivity index (χ4n) is 3.28. The average molecular weight is 393 g/mol. The van der Waals surface area contributed by atoms with Gasteiger partial charge in [0.15, 0.2) is 9.84 Å². The third-order valence-corrected chi connectivity index (χ3v) is 6.54. The molecule has 2 aliphatic heterocycles. The highest BCUT2D eigenvalue weighted by atomic mass is 32.2. The van der Waals surface area contributed by atoms with E-state index in [0.29, 0.717) is 13.0 Å². The summed E-state index contributed by atoms with van der Waals surface area (Å²) in [5, 5.41) is 5.44. The van der Waals surface area contributed by atoms with Crippen molar-refractivity contribution in [1.29, 1.82) is 0 Å². The van der Waals surface area contributed by atoms with Gasteiger partial charge in [-0.05, 0) is 24.1 Å². The van der Waals surface area contributed by atoms with Crippen molar-refractivity contribution < 1.29 is 22.7 Å². The van der Waals surface area contributed by atoms with Gasteiger partial charge in [0.25, 0.3) is 5.91 Å². The highest BCUT2D eigenvalue weighted by Gasteiger charge is 2.37. The first-order valence-electron chi connectivity index (χ1n) is 8.77. The molecule has 0 radical (unpaired) electrons. The molecule has 146 valence electrons. The molecule has 0 aromatic heterocycles. The number of hydrazone groups is 1. The highest BCUT2D eigenvalue weighted by molar-refractivity contribution is 7.91. The first kappa shape index (κ1) is 19.3. The Labute approximate surface area is 158 Å². The molecule has 1 aromatic rings. The van der Waals surface area contributed by atoms with Crippen LogP contribution < -0.4 is 4.74 Å². The van der Waals surface area contributed by atoms with E-state index in [1.807, 2.05) is 24.3 Å². The van der Waals surface area contributed by atoms with Gasteiger partial charge >= 0.3 is 0 Å². The zero-order valence-corrected chi connectivity index (χ0v) is 16.2. The van der Waals surface area contributed by atoms with Crippen LogP contribution in [0.4, 0.5) is 0 Å². The Morgan fingerprint density at radius 2 is 2.00 bits per heavy atom. The normalized spacial score (nSPS) is 21.7. The van der Waals surface area contributed by atoms with Crippen molar-refractivity contribution in [2.45, 2.75) is 31.8 Å². The lowest BCUT2D eigenvalue weighted by molar-refractivity contribution is -0.134. The number of nitrogens with zero attached hydrogens (tertiary/aromatic N) is 3. The van der Waals surface area contributed by atoms with Crippen molar-refractivity contribution in [1.82, 2.24) is 9.91 Å². The van der Waals surface area contributed by atoms with Gasteiger partial charge in [0.05, 0.1) is 24.7 Å². The molecule has 3 rings (SSSR count).